The van der Waals surface area contributed by atoms with Gasteiger partial charge in [-0.25, -0.2) is 0 Å². The van der Waals surface area contributed by atoms with Crippen LogP contribution < -0.4 is 16.2 Å². The molecule has 2 aromatic heterocycles. The lowest BCUT2D eigenvalue weighted by atomic mass is 9.78. The zero-order valence-electron chi connectivity index (χ0n) is 18.7. The Morgan fingerprint density at radius 3 is 2.48 bits per heavy atom. The van der Waals surface area contributed by atoms with Crippen molar-refractivity contribution in [3.8, 4) is 0 Å². The van der Waals surface area contributed by atoms with E-state index in [1.165, 1.54) is 10.6 Å². The highest BCUT2D eigenvalue weighted by atomic mass is 35.5. The van der Waals surface area contributed by atoms with Crippen molar-refractivity contribution in [1.29, 1.82) is 0 Å². The number of ether oxygens (including phenoxy) is 1. The number of nitrogen functional groups attached to an aromatic ring is 1. The van der Waals surface area contributed by atoms with E-state index in [2.05, 4.69) is 9.97 Å². The van der Waals surface area contributed by atoms with Gasteiger partial charge in [-0.05, 0) is 30.7 Å². The summed E-state index contributed by atoms with van der Waals surface area (Å²) in [6, 6.07) is 1.31. The Balaban J connectivity index is 0.00000149. The van der Waals surface area contributed by atoms with E-state index in [1.807, 2.05) is 18.7 Å². The third-order valence-corrected chi connectivity index (χ3v) is 7.52. The molecule has 0 radical (unpaired) electrons. The topological polar surface area (TPSA) is 86.3 Å². The van der Waals surface area contributed by atoms with Gasteiger partial charge in [0.25, 0.3) is 5.56 Å². The summed E-state index contributed by atoms with van der Waals surface area (Å²) in [5.74, 6) is 0.395. The van der Waals surface area contributed by atoms with E-state index in [1.54, 1.807) is 7.05 Å². The molecule has 33 heavy (non-hydrogen) atoms. The maximum Gasteiger partial charge on any atom is 0.434 e. The molecular weight excluding hydrogens is 479 g/mol. The minimum atomic E-state index is -4.71. The number of piperidine rings is 1. The maximum absolute atomic E-state index is 13.1. The molecule has 2 aromatic rings. The molecule has 182 valence electrons. The molecule has 0 aromatic carbocycles. The summed E-state index contributed by atoms with van der Waals surface area (Å²) in [6.07, 6.45) is -0.798. The lowest BCUT2D eigenvalue weighted by Crippen LogP contribution is -2.43. The molecule has 7 nitrogen and oxygen atoms in total. The molecule has 2 N–H and O–H groups in total. The van der Waals surface area contributed by atoms with E-state index in [-0.39, 0.29) is 21.0 Å². The van der Waals surface area contributed by atoms with E-state index in [0.29, 0.717) is 5.95 Å². The van der Waals surface area contributed by atoms with Crippen molar-refractivity contribution in [2.24, 2.45) is 12.5 Å². The molecule has 4 heterocycles. The van der Waals surface area contributed by atoms with Gasteiger partial charge in [-0.3, -0.25) is 14.3 Å². The van der Waals surface area contributed by atoms with Crippen molar-refractivity contribution >= 4 is 35.1 Å². The van der Waals surface area contributed by atoms with E-state index < -0.39 is 22.5 Å². The van der Waals surface area contributed by atoms with Crippen LogP contribution in [0.15, 0.2) is 26.8 Å². The van der Waals surface area contributed by atoms with Crippen molar-refractivity contribution in [3.05, 3.63) is 33.3 Å². The number of nitrogens with zero attached hydrogens (tertiary/aromatic N) is 4. The highest BCUT2D eigenvalue weighted by Crippen LogP contribution is 2.42. The van der Waals surface area contributed by atoms with Crippen molar-refractivity contribution in [2.75, 3.05) is 36.9 Å². The summed E-state index contributed by atoms with van der Waals surface area (Å²) in [5.41, 5.74) is 4.60. The first-order valence-corrected chi connectivity index (χ1v) is 11.9. The van der Waals surface area contributed by atoms with Crippen LogP contribution in [0, 0.1) is 5.41 Å². The molecule has 0 unspecified atom stereocenters. The van der Waals surface area contributed by atoms with Gasteiger partial charge in [0.05, 0.1) is 11.6 Å². The number of rotatable bonds is 3. The molecule has 2 aliphatic heterocycles. The fourth-order valence-electron chi connectivity index (χ4n) is 4.00. The number of anilines is 2. The Kier molecular flexibility index (Phi) is 7.85. The average Bonchev–Trinajstić information content (AvgIpc) is 3.24. The number of nitrogens with two attached hydrogens (primary N) is 1. The molecular formula is C21H27ClF3N5O2S. The van der Waals surface area contributed by atoms with Crippen molar-refractivity contribution in [3.63, 3.8) is 0 Å². The molecule has 2 saturated heterocycles. The largest absolute Gasteiger partial charge is 0.434 e. The van der Waals surface area contributed by atoms with Crippen molar-refractivity contribution in [2.45, 2.75) is 49.1 Å². The summed E-state index contributed by atoms with van der Waals surface area (Å²) in [4.78, 5) is 22.8. The van der Waals surface area contributed by atoms with Crippen LogP contribution in [0.25, 0.3) is 0 Å². The lowest BCUT2D eigenvalue weighted by Gasteiger charge is -2.39. The first-order valence-electron chi connectivity index (χ1n) is 10.7. The zero-order valence-corrected chi connectivity index (χ0v) is 20.3. The smallest absolute Gasteiger partial charge is 0.382 e. The summed E-state index contributed by atoms with van der Waals surface area (Å²) in [7, 11) is 1.58. The second-order valence-corrected chi connectivity index (χ2v) is 9.28. The number of aromatic nitrogens is 3. The Hall–Kier alpha value is -1.98. The molecule has 12 heteroatoms. The maximum atomic E-state index is 13.1. The quantitative estimate of drug-likeness (QED) is 0.651. The molecule has 0 aliphatic carbocycles. The van der Waals surface area contributed by atoms with Gasteiger partial charge in [0.2, 0.25) is 5.95 Å². The van der Waals surface area contributed by atoms with Crippen LogP contribution >= 0.6 is 23.4 Å². The number of pyridine rings is 1. The van der Waals surface area contributed by atoms with Gasteiger partial charge in [0.15, 0.2) is 5.69 Å². The highest BCUT2D eigenvalue weighted by Gasteiger charge is 2.39. The third-order valence-electron chi connectivity index (χ3n) is 5.88. The van der Waals surface area contributed by atoms with Gasteiger partial charge in [0, 0.05) is 37.8 Å². The monoisotopic (exact) mass is 505 g/mol. The predicted octanol–water partition coefficient (Wildman–Crippen LogP) is 4.61. The van der Waals surface area contributed by atoms with Crippen LogP contribution in [0.3, 0.4) is 0 Å². The SMILES string of the molecule is CC.Cn1c(N2CCC3(CCOC3)CC2)nc(N)c(Sc2ccnc(C(F)(F)F)c2Cl)c1=O. The third kappa shape index (κ3) is 5.25. The summed E-state index contributed by atoms with van der Waals surface area (Å²) < 4.78 is 46.2. The molecule has 2 fully saturated rings. The molecule has 0 bridgehead atoms. The van der Waals surface area contributed by atoms with Crippen molar-refractivity contribution < 1.29 is 17.9 Å². The van der Waals surface area contributed by atoms with Gasteiger partial charge in [-0.2, -0.15) is 18.2 Å². The molecule has 1 spiro atoms. The fraction of sp³-hybridized carbons (Fsp3) is 0.571. The number of alkyl halides is 3. The van der Waals surface area contributed by atoms with Gasteiger partial charge in [-0.15, -0.1) is 0 Å². The van der Waals surface area contributed by atoms with E-state index in [0.717, 1.165) is 63.5 Å². The van der Waals surface area contributed by atoms with E-state index >= 15 is 0 Å². The number of hydrogen-bond acceptors (Lipinski definition) is 7. The van der Waals surface area contributed by atoms with Crippen LogP contribution in [0.2, 0.25) is 5.02 Å². The fourth-order valence-corrected chi connectivity index (χ4v) is 5.25. The van der Waals surface area contributed by atoms with Crippen LogP contribution in [-0.2, 0) is 18.0 Å². The van der Waals surface area contributed by atoms with Gasteiger partial charge >= 0.3 is 6.18 Å². The summed E-state index contributed by atoms with van der Waals surface area (Å²) in [5, 5.41) is -0.578. The Bertz CT molecular complexity index is 1050. The zero-order chi connectivity index (χ0) is 24.4. The molecule has 0 atom stereocenters. The van der Waals surface area contributed by atoms with E-state index in [4.69, 9.17) is 22.1 Å². The van der Waals surface area contributed by atoms with Crippen molar-refractivity contribution in [1.82, 2.24) is 14.5 Å². The lowest BCUT2D eigenvalue weighted by molar-refractivity contribution is -0.141. The second-order valence-electron chi connectivity index (χ2n) is 7.85. The highest BCUT2D eigenvalue weighted by molar-refractivity contribution is 7.99. The molecule has 4 rings (SSSR count). The van der Waals surface area contributed by atoms with Gasteiger partial charge in [0.1, 0.15) is 10.7 Å². The van der Waals surface area contributed by atoms with Crippen LogP contribution in [0.4, 0.5) is 24.9 Å². The first kappa shape index (κ1) is 25.6. The van der Waals surface area contributed by atoms with Gasteiger partial charge in [-0.1, -0.05) is 37.2 Å². The standard InChI is InChI=1S/C19H21ClF3N5O2S.C2H6/c1-27-16(29)13(31-11-2-6-25-14(12(11)20)19(21,22)23)15(24)26-17(27)28-7-3-18(4-8-28)5-9-30-10-18;1-2/h2,6H,3-5,7-10,24H2,1H3;1-2H3. The second kappa shape index (κ2) is 10.1. The minimum absolute atomic E-state index is 0.0187. The summed E-state index contributed by atoms with van der Waals surface area (Å²) >= 11 is 6.66. The van der Waals surface area contributed by atoms with Crippen LogP contribution in [-0.4, -0.2) is 40.8 Å². The number of hydrogen-bond donors (Lipinski definition) is 1. The Labute approximate surface area is 199 Å². The average molecular weight is 506 g/mol. The van der Waals surface area contributed by atoms with Crippen LogP contribution in [0.1, 0.15) is 38.8 Å². The Morgan fingerprint density at radius 2 is 1.91 bits per heavy atom. The summed E-state index contributed by atoms with van der Waals surface area (Å²) in [6.45, 7) is 6.99. The van der Waals surface area contributed by atoms with Crippen LogP contribution in [0.5, 0.6) is 0 Å². The van der Waals surface area contributed by atoms with Gasteiger partial charge < -0.3 is 15.4 Å². The molecule has 2 aliphatic rings. The molecule has 0 saturated carbocycles. The minimum Gasteiger partial charge on any atom is -0.382 e. The Morgan fingerprint density at radius 1 is 1.24 bits per heavy atom. The molecule has 0 amide bonds. The number of halogens is 4. The predicted molar refractivity (Wildman–Crippen MR) is 123 cm³/mol. The van der Waals surface area contributed by atoms with E-state index in [9.17, 15) is 18.0 Å². The normalized spacial score (nSPS) is 17.7. The first-order chi connectivity index (χ1) is 15.6.